The average molecular weight is 250 g/mol. The van der Waals surface area contributed by atoms with Gasteiger partial charge in [0.25, 0.3) is 0 Å². The molecule has 0 radical (unpaired) electrons. The Morgan fingerprint density at radius 2 is 2.35 bits per heavy atom. The largest absolute Gasteiger partial charge is 0.312 e. The van der Waals surface area contributed by atoms with Gasteiger partial charge in [-0.2, -0.15) is 0 Å². The molecule has 1 fully saturated rings. The third kappa shape index (κ3) is 2.04. The number of alkyl halides is 1. The zero-order valence-corrected chi connectivity index (χ0v) is 10.7. The number of imidazole rings is 1. The van der Waals surface area contributed by atoms with Gasteiger partial charge in [-0.1, -0.05) is 6.92 Å². The van der Waals surface area contributed by atoms with E-state index in [0.717, 1.165) is 41.8 Å². The molecule has 17 heavy (non-hydrogen) atoms. The second-order valence-corrected chi connectivity index (χ2v) is 5.27. The first-order valence-corrected chi connectivity index (χ1v) is 6.69. The normalized spacial score (nSPS) is 23.2. The van der Waals surface area contributed by atoms with Crippen LogP contribution in [0, 0.1) is 11.8 Å². The Morgan fingerprint density at radius 1 is 1.53 bits per heavy atom. The molecule has 2 heterocycles. The predicted molar refractivity (Wildman–Crippen MR) is 69.2 cm³/mol. The summed E-state index contributed by atoms with van der Waals surface area (Å²) in [6.07, 6.45) is 3.98. The zero-order valence-electron chi connectivity index (χ0n) is 9.93. The van der Waals surface area contributed by atoms with Crippen molar-refractivity contribution in [3.05, 3.63) is 24.2 Å². The first-order chi connectivity index (χ1) is 8.29. The molecule has 1 saturated carbocycles. The van der Waals surface area contributed by atoms with Gasteiger partial charge in [0.15, 0.2) is 5.65 Å². The van der Waals surface area contributed by atoms with Crippen molar-refractivity contribution >= 4 is 22.8 Å². The van der Waals surface area contributed by atoms with E-state index in [1.165, 1.54) is 6.42 Å². The van der Waals surface area contributed by atoms with Crippen molar-refractivity contribution < 1.29 is 0 Å². The van der Waals surface area contributed by atoms with Gasteiger partial charge in [-0.25, -0.2) is 9.97 Å². The molecular formula is C13H16ClN3. The lowest BCUT2D eigenvalue weighted by atomic mass is 10.3. The molecule has 0 aliphatic heterocycles. The molecule has 0 bridgehead atoms. The summed E-state index contributed by atoms with van der Waals surface area (Å²) in [7, 11) is 0. The first kappa shape index (κ1) is 11.0. The first-order valence-electron chi connectivity index (χ1n) is 6.15. The van der Waals surface area contributed by atoms with Crippen molar-refractivity contribution in [3.8, 4) is 0 Å². The van der Waals surface area contributed by atoms with Crippen LogP contribution in [0.1, 0.15) is 19.2 Å². The second kappa shape index (κ2) is 4.30. The van der Waals surface area contributed by atoms with Crippen LogP contribution in [-0.2, 0) is 13.0 Å². The fraction of sp³-hybridized carbons (Fsp3) is 0.538. The number of rotatable bonds is 4. The minimum absolute atomic E-state index is 0.615. The van der Waals surface area contributed by atoms with Crippen LogP contribution in [0.2, 0.25) is 0 Å². The molecule has 0 N–H and O–H groups in total. The van der Waals surface area contributed by atoms with Gasteiger partial charge in [-0.05, 0) is 30.4 Å². The number of hydrogen-bond acceptors (Lipinski definition) is 2. The predicted octanol–water partition coefficient (Wildman–Crippen LogP) is 2.87. The van der Waals surface area contributed by atoms with E-state index in [4.69, 9.17) is 11.6 Å². The van der Waals surface area contributed by atoms with Crippen molar-refractivity contribution in [3.63, 3.8) is 0 Å². The smallest absolute Gasteiger partial charge is 0.159 e. The van der Waals surface area contributed by atoms with Crippen LogP contribution >= 0.6 is 11.6 Å². The monoisotopic (exact) mass is 249 g/mol. The number of fused-ring (bicyclic) bond motifs is 1. The highest BCUT2D eigenvalue weighted by molar-refractivity contribution is 6.17. The van der Waals surface area contributed by atoms with Crippen molar-refractivity contribution in [1.82, 2.24) is 14.5 Å². The SMILES string of the molecule is CC1CC1Cn1c(CCCl)nc2cccnc21. The van der Waals surface area contributed by atoms with E-state index < -0.39 is 0 Å². The maximum absolute atomic E-state index is 5.84. The van der Waals surface area contributed by atoms with E-state index in [9.17, 15) is 0 Å². The number of nitrogens with zero attached hydrogens (tertiary/aromatic N) is 3. The molecule has 2 aromatic rings. The van der Waals surface area contributed by atoms with Gasteiger partial charge >= 0.3 is 0 Å². The summed E-state index contributed by atoms with van der Waals surface area (Å²) in [5.74, 6) is 3.33. The Balaban J connectivity index is 2.01. The molecule has 3 rings (SSSR count). The molecule has 1 aliphatic rings. The standard InChI is InChI=1S/C13H16ClN3/c1-9-7-10(9)8-17-12(4-5-14)16-11-3-2-6-15-13(11)17/h2-3,6,9-10H,4-5,7-8H2,1H3. The Bertz CT molecular complexity index is 534. The Labute approximate surface area is 106 Å². The fourth-order valence-electron chi connectivity index (χ4n) is 2.36. The number of pyridine rings is 1. The highest BCUT2D eigenvalue weighted by Gasteiger charge is 2.33. The van der Waals surface area contributed by atoms with E-state index in [-0.39, 0.29) is 0 Å². The average Bonchev–Trinajstić information content (AvgIpc) is 2.91. The fourth-order valence-corrected chi connectivity index (χ4v) is 2.53. The van der Waals surface area contributed by atoms with Crippen molar-refractivity contribution in [2.24, 2.45) is 11.8 Å². The van der Waals surface area contributed by atoms with Gasteiger partial charge in [0.05, 0.1) is 0 Å². The zero-order chi connectivity index (χ0) is 11.8. The lowest BCUT2D eigenvalue weighted by molar-refractivity contribution is 0.582. The Kier molecular flexibility index (Phi) is 2.79. The summed E-state index contributed by atoms with van der Waals surface area (Å²) >= 11 is 5.84. The lowest BCUT2D eigenvalue weighted by Crippen LogP contribution is -2.07. The molecule has 0 aromatic carbocycles. The third-order valence-corrected chi connectivity index (χ3v) is 3.78. The minimum atomic E-state index is 0.615. The summed E-state index contributed by atoms with van der Waals surface area (Å²) in [6.45, 7) is 3.35. The molecule has 2 unspecified atom stereocenters. The Hall–Kier alpha value is -1.09. The number of hydrogen-bond donors (Lipinski definition) is 0. The van der Waals surface area contributed by atoms with Crippen LogP contribution < -0.4 is 0 Å². The summed E-state index contributed by atoms with van der Waals surface area (Å²) in [6, 6.07) is 3.96. The lowest BCUT2D eigenvalue weighted by Gasteiger charge is -2.06. The van der Waals surface area contributed by atoms with Crippen LogP contribution in [0.15, 0.2) is 18.3 Å². The second-order valence-electron chi connectivity index (χ2n) is 4.90. The van der Waals surface area contributed by atoms with E-state index in [1.807, 2.05) is 18.3 Å². The van der Waals surface area contributed by atoms with E-state index >= 15 is 0 Å². The molecule has 4 heteroatoms. The minimum Gasteiger partial charge on any atom is -0.312 e. The van der Waals surface area contributed by atoms with Gasteiger partial charge in [0.1, 0.15) is 11.3 Å². The molecular weight excluding hydrogens is 234 g/mol. The number of halogens is 1. The van der Waals surface area contributed by atoms with E-state index in [2.05, 4.69) is 21.5 Å². The van der Waals surface area contributed by atoms with Crippen LogP contribution in [0.5, 0.6) is 0 Å². The van der Waals surface area contributed by atoms with Crippen LogP contribution in [-0.4, -0.2) is 20.4 Å². The molecule has 0 saturated heterocycles. The number of aromatic nitrogens is 3. The molecule has 90 valence electrons. The van der Waals surface area contributed by atoms with Gasteiger partial charge in [0, 0.05) is 25.0 Å². The molecule has 1 aliphatic carbocycles. The van der Waals surface area contributed by atoms with E-state index in [0.29, 0.717) is 5.88 Å². The van der Waals surface area contributed by atoms with Gasteiger partial charge in [0.2, 0.25) is 0 Å². The molecule has 2 atom stereocenters. The van der Waals surface area contributed by atoms with Crippen LogP contribution in [0.4, 0.5) is 0 Å². The van der Waals surface area contributed by atoms with Crippen molar-refractivity contribution in [1.29, 1.82) is 0 Å². The topological polar surface area (TPSA) is 30.7 Å². The summed E-state index contributed by atoms with van der Waals surface area (Å²) in [5.41, 5.74) is 1.99. The summed E-state index contributed by atoms with van der Waals surface area (Å²) in [4.78, 5) is 9.07. The maximum atomic E-state index is 5.84. The van der Waals surface area contributed by atoms with Crippen LogP contribution in [0.3, 0.4) is 0 Å². The summed E-state index contributed by atoms with van der Waals surface area (Å²) in [5, 5.41) is 0. The van der Waals surface area contributed by atoms with E-state index in [1.54, 1.807) is 0 Å². The molecule has 2 aromatic heterocycles. The highest BCUT2D eigenvalue weighted by Crippen LogP contribution is 2.39. The highest BCUT2D eigenvalue weighted by atomic mass is 35.5. The van der Waals surface area contributed by atoms with Gasteiger partial charge in [-0.3, -0.25) is 0 Å². The molecule has 0 amide bonds. The van der Waals surface area contributed by atoms with Crippen molar-refractivity contribution in [2.45, 2.75) is 26.3 Å². The van der Waals surface area contributed by atoms with Crippen molar-refractivity contribution in [2.75, 3.05) is 5.88 Å². The van der Waals surface area contributed by atoms with Gasteiger partial charge in [-0.15, -0.1) is 11.6 Å². The maximum Gasteiger partial charge on any atom is 0.159 e. The quantitative estimate of drug-likeness (QED) is 0.780. The van der Waals surface area contributed by atoms with Gasteiger partial charge < -0.3 is 4.57 Å². The number of aryl methyl sites for hydroxylation is 1. The third-order valence-electron chi connectivity index (χ3n) is 3.59. The summed E-state index contributed by atoms with van der Waals surface area (Å²) < 4.78 is 2.26. The van der Waals surface area contributed by atoms with Crippen LogP contribution in [0.25, 0.3) is 11.2 Å². The molecule has 0 spiro atoms. The molecule has 3 nitrogen and oxygen atoms in total. The Morgan fingerprint density at radius 3 is 3.06 bits per heavy atom.